The molecule has 1 N–H and O–H groups in total. The summed E-state index contributed by atoms with van der Waals surface area (Å²) in [6.45, 7) is 0. The third kappa shape index (κ3) is 2.51. The second kappa shape index (κ2) is 3.88. The summed E-state index contributed by atoms with van der Waals surface area (Å²) in [5.41, 5.74) is 0. The Morgan fingerprint density at radius 1 is 1.82 bits per heavy atom. The summed E-state index contributed by atoms with van der Waals surface area (Å²) < 4.78 is 0. The molecule has 0 aromatic carbocycles. The molecule has 0 radical (unpaired) electrons. The van der Waals surface area contributed by atoms with Gasteiger partial charge in [0.25, 0.3) is 0 Å². The monoisotopic (exact) mass is 168 g/mol. The molecule has 3 nitrogen and oxygen atoms in total. The number of rotatable bonds is 2. The van der Waals surface area contributed by atoms with Crippen molar-refractivity contribution in [1.82, 2.24) is 10.3 Å². The molecule has 11 heavy (non-hydrogen) atoms. The number of nitrogens with one attached hydrogen (secondary N) is 1. The van der Waals surface area contributed by atoms with Gasteiger partial charge >= 0.3 is 0 Å². The molecule has 0 fully saturated rings. The van der Waals surface area contributed by atoms with Crippen molar-refractivity contribution in [2.75, 3.05) is 7.05 Å². The zero-order valence-corrected chi connectivity index (χ0v) is 6.89. The highest BCUT2D eigenvalue weighted by Crippen LogP contribution is 2.04. The van der Waals surface area contributed by atoms with E-state index in [0.717, 1.165) is 5.01 Å². The Hall–Kier alpha value is -1.16. The first-order valence-corrected chi connectivity index (χ1v) is 4.00. The van der Waals surface area contributed by atoms with Crippen molar-refractivity contribution >= 4 is 23.3 Å². The summed E-state index contributed by atoms with van der Waals surface area (Å²) in [7, 11) is 1.59. The van der Waals surface area contributed by atoms with Crippen molar-refractivity contribution in [3.8, 4) is 0 Å². The molecule has 0 unspecified atom stereocenters. The minimum Gasteiger partial charge on any atom is -0.356 e. The average Bonchev–Trinajstić information content (AvgIpc) is 2.52. The molecule has 58 valence electrons. The minimum atomic E-state index is -0.111. The van der Waals surface area contributed by atoms with Crippen molar-refractivity contribution in [3.05, 3.63) is 22.7 Å². The van der Waals surface area contributed by atoms with Crippen LogP contribution in [0.5, 0.6) is 0 Å². The average molecular weight is 168 g/mol. The van der Waals surface area contributed by atoms with Gasteiger partial charge in [-0.1, -0.05) is 0 Å². The van der Waals surface area contributed by atoms with Gasteiger partial charge in [-0.15, -0.1) is 11.3 Å². The van der Waals surface area contributed by atoms with Crippen LogP contribution in [0.1, 0.15) is 5.01 Å². The van der Waals surface area contributed by atoms with E-state index in [1.54, 1.807) is 19.3 Å². The van der Waals surface area contributed by atoms with Crippen LogP contribution in [0.3, 0.4) is 0 Å². The fourth-order valence-corrected chi connectivity index (χ4v) is 1.08. The molecule has 0 atom stereocenters. The van der Waals surface area contributed by atoms with E-state index >= 15 is 0 Å². The van der Waals surface area contributed by atoms with E-state index in [1.165, 1.54) is 17.4 Å². The lowest BCUT2D eigenvalue weighted by atomic mass is 10.5. The summed E-state index contributed by atoms with van der Waals surface area (Å²) in [6.07, 6.45) is 4.84. The van der Waals surface area contributed by atoms with Gasteiger partial charge in [0.2, 0.25) is 5.91 Å². The quantitative estimate of drug-likeness (QED) is 0.667. The molecular formula is C7H8N2OS. The smallest absolute Gasteiger partial charge is 0.243 e. The maximum Gasteiger partial charge on any atom is 0.243 e. The van der Waals surface area contributed by atoms with E-state index in [2.05, 4.69) is 10.3 Å². The van der Waals surface area contributed by atoms with Gasteiger partial charge in [-0.3, -0.25) is 4.79 Å². The van der Waals surface area contributed by atoms with E-state index < -0.39 is 0 Å². The molecule has 1 amide bonds. The Bertz CT molecular complexity index is 253. The fraction of sp³-hybridized carbons (Fsp3) is 0.143. The van der Waals surface area contributed by atoms with Crippen LogP contribution < -0.4 is 5.32 Å². The predicted molar refractivity (Wildman–Crippen MR) is 45.2 cm³/mol. The van der Waals surface area contributed by atoms with Crippen molar-refractivity contribution < 1.29 is 4.79 Å². The molecule has 0 saturated heterocycles. The van der Waals surface area contributed by atoms with Crippen LogP contribution in [0.4, 0.5) is 0 Å². The maximum absolute atomic E-state index is 10.7. The number of carbonyl (C=O) groups is 1. The Morgan fingerprint density at radius 3 is 3.18 bits per heavy atom. The summed E-state index contributed by atoms with van der Waals surface area (Å²) in [5, 5.41) is 5.18. The second-order valence-corrected chi connectivity index (χ2v) is 2.74. The molecule has 0 aliphatic rings. The summed E-state index contributed by atoms with van der Waals surface area (Å²) in [5.74, 6) is -0.111. The van der Waals surface area contributed by atoms with Crippen molar-refractivity contribution in [1.29, 1.82) is 0 Å². The first kappa shape index (κ1) is 7.94. The lowest BCUT2D eigenvalue weighted by molar-refractivity contribution is -0.115. The van der Waals surface area contributed by atoms with E-state index in [9.17, 15) is 4.79 Å². The van der Waals surface area contributed by atoms with Crippen molar-refractivity contribution in [2.45, 2.75) is 0 Å². The molecule has 1 heterocycles. The molecule has 4 heteroatoms. The third-order valence-corrected chi connectivity index (χ3v) is 1.82. The molecule has 0 spiro atoms. The molecule has 0 aliphatic heterocycles. The zero-order chi connectivity index (χ0) is 8.10. The van der Waals surface area contributed by atoms with Crippen molar-refractivity contribution in [2.24, 2.45) is 0 Å². The third-order valence-electron chi connectivity index (χ3n) is 1.08. The highest BCUT2D eigenvalue weighted by atomic mass is 32.1. The molecular weight excluding hydrogens is 160 g/mol. The second-order valence-electron chi connectivity index (χ2n) is 1.82. The standard InChI is InChI=1S/C7H8N2OS/c1-8-6(10)2-3-7-9-4-5-11-7/h2-5H,1H3,(H,8,10). The lowest BCUT2D eigenvalue weighted by Gasteiger charge is -1.86. The van der Waals surface area contributed by atoms with Crippen LogP contribution in [-0.4, -0.2) is 17.9 Å². The number of hydrogen-bond donors (Lipinski definition) is 1. The minimum absolute atomic E-state index is 0.111. The van der Waals surface area contributed by atoms with Crippen LogP contribution in [0.2, 0.25) is 0 Å². The predicted octanol–water partition coefficient (Wildman–Crippen LogP) is 0.902. The number of aromatic nitrogens is 1. The van der Waals surface area contributed by atoms with Crippen LogP contribution in [-0.2, 0) is 4.79 Å². The Morgan fingerprint density at radius 2 is 2.64 bits per heavy atom. The Kier molecular flexibility index (Phi) is 2.80. The highest BCUT2D eigenvalue weighted by Gasteiger charge is 1.90. The van der Waals surface area contributed by atoms with Gasteiger partial charge in [0.15, 0.2) is 0 Å². The first-order valence-electron chi connectivity index (χ1n) is 3.12. The van der Waals surface area contributed by atoms with E-state index in [-0.39, 0.29) is 5.91 Å². The van der Waals surface area contributed by atoms with Crippen LogP contribution in [0, 0.1) is 0 Å². The number of hydrogen-bond acceptors (Lipinski definition) is 3. The highest BCUT2D eigenvalue weighted by molar-refractivity contribution is 7.10. The van der Waals surface area contributed by atoms with Gasteiger partial charge in [-0.25, -0.2) is 4.98 Å². The van der Waals surface area contributed by atoms with Gasteiger partial charge in [0.05, 0.1) is 0 Å². The number of likely N-dealkylation sites (N-methyl/N-ethyl adjacent to an activating group) is 1. The molecule has 0 aliphatic carbocycles. The molecule has 0 saturated carbocycles. The summed E-state index contributed by atoms with van der Waals surface area (Å²) >= 11 is 1.50. The number of carbonyl (C=O) groups excluding carboxylic acids is 1. The molecule has 1 aromatic rings. The SMILES string of the molecule is CNC(=O)C=Cc1nccs1. The zero-order valence-electron chi connectivity index (χ0n) is 6.07. The van der Waals surface area contributed by atoms with Gasteiger partial charge in [0.1, 0.15) is 5.01 Å². The van der Waals surface area contributed by atoms with Crippen molar-refractivity contribution in [3.63, 3.8) is 0 Å². The van der Waals surface area contributed by atoms with E-state index in [4.69, 9.17) is 0 Å². The lowest BCUT2D eigenvalue weighted by Crippen LogP contribution is -2.13. The molecule has 1 aromatic heterocycles. The topological polar surface area (TPSA) is 42.0 Å². The summed E-state index contributed by atoms with van der Waals surface area (Å²) in [4.78, 5) is 14.7. The molecule has 1 rings (SSSR count). The summed E-state index contributed by atoms with van der Waals surface area (Å²) in [6, 6.07) is 0. The van der Waals surface area contributed by atoms with Crippen LogP contribution in [0.25, 0.3) is 6.08 Å². The largest absolute Gasteiger partial charge is 0.356 e. The Balaban J connectivity index is 2.55. The molecule has 0 bridgehead atoms. The maximum atomic E-state index is 10.7. The van der Waals surface area contributed by atoms with Gasteiger partial charge in [0, 0.05) is 24.7 Å². The van der Waals surface area contributed by atoms with Gasteiger partial charge in [-0.05, 0) is 6.08 Å². The number of thiazole rings is 1. The van der Waals surface area contributed by atoms with E-state index in [0.29, 0.717) is 0 Å². The first-order chi connectivity index (χ1) is 5.33. The normalized spacial score (nSPS) is 10.3. The number of nitrogens with zero attached hydrogens (tertiary/aromatic N) is 1. The van der Waals surface area contributed by atoms with Gasteiger partial charge in [-0.2, -0.15) is 0 Å². The fourth-order valence-electron chi connectivity index (χ4n) is 0.547. The van der Waals surface area contributed by atoms with Crippen LogP contribution >= 0.6 is 11.3 Å². The number of amides is 1. The Labute approximate surface area is 68.8 Å². The van der Waals surface area contributed by atoms with E-state index in [1.807, 2.05) is 5.38 Å². The van der Waals surface area contributed by atoms with Crippen LogP contribution in [0.15, 0.2) is 17.7 Å². The van der Waals surface area contributed by atoms with Gasteiger partial charge < -0.3 is 5.32 Å².